The van der Waals surface area contributed by atoms with Gasteiger partial charge in [0.1, 0.15) is 0 Å². The van der Waals surface area contributed by atoms with E-state index in [-0.39, 0.29) is 0 Å². The van der Waals surface area contributed by atoms with Crippen LogP contribution >= 0.6 is 0 Å². The second-order valence-electron chi connectivity index (χ2n) is 5.63. The molecule has 0 aliphatic heterocycles. The number of benzene rings is 1. The third-order valence-electron chi connectivity index (χ3n) is 3.65. The second kappa shape index (κ2) is 6.91. The standard InChI is InChI=1S/C16H28N2/c1-12(2)18(6)8-7-16(17-5)15-10-13(3)9-14(4)11-15/h9-12,16-17H,7-8H2,1-6H3. The summed E-state index contributed by atoms with van der Waals surface area (Å²) in [6.45, 7) is 9.94. The van der Waals surface area contributed by atoms with E-state index < -0.39 is 0 Å². The molecule has 1 unspecified atom stereocenters. The van der Waals surface area contributed by atoms with Crippen molar-refractivity contribution in [2.24, 2.45) is 0 Å². The lowest BCUT2D eigenvalue weighted by molar-refractivity contribution is 0.258. The maximum atomic E-state index is 3.44. The van der Waals surface area contributed by atoms with Crippen LogP contribution < -0.4 is 5.32 Å². The molecule has 0 heterocycles. The maximum absolute atomic E-state index is 3.44. The van der Waals surface area contributed by atoms with Gasteiger partial charge >= 0.3 is 0 Å². The Morgan fingerprint density at radius 2 is 1.67 bits per heavy atom. The number of hydrogen-bond donors (Lipinski definition) is 1. The Labute approximate surface area is 112 Å². The van der Waals surface area contributed by atoms with Crippen LogP contribution in [0.15, 0.2) is 18.2 Å². The Balaban J connectivity index is 2.71. The topological polar surface area (TPSA) is 15.3 Å². The van der Waals surface area contributed by atoms with Gasteiger partial charge in [-0.15, -0.1) is 0 Å². The first-order valence-electron chi connectivity index (χ1n) is 6.89. The summed E-state index contributed by atoms with van der Waals surface area (Å²) in [6, 6.07) is 7.88. The van der Waals surface area contributed by atoms with Crippen molar-refractivity contribution in [3.05, 3.63) is 34.9 Å². The van der Waals surface area contributed by atoms with E-state index in [9.17, 15) is 0 Å². The number of nitrogens with one attached hydrogen (secondary N) is 1. The van der Waals surface area contributed by atoms with E-state index in [2.05, 4.69) is 70.2 Å². The average Bonchev–Trinajstić information content (AvgIpc) is 2.28. The number of nitrogens with zero attached hydrogens (tertiary/aromatic N) is 1. The quantitative estimate of drug-likeness (QED) is 0.831. The molecule has 0 aromatic heterocycles. The van der Waals surface area contributed by atoms with E-state index in [0.29, 0.717) is 12.1 Å². The fraction of sp³-hybridized carbons (Fsp3) is 0.625. The van der Waals surface area contributed by atoms with Gasteiger partial charge < -0.3 is 10.2 Å². The van der Waals surface area contributed by atoms with Crippen molar-refractivity contribution < 1.29 is 0 Å². The molecule has 1 aromatic carbocycles. The fourth-order valence-corrected chi connectivity index (χ4v) is 2.28. The lowest BCUT2D eigenvalue weighted by atomic mass is 9.99. The first kappa shape index (κ1) is 15.2. The molecular weight excluding hydrogens is 220 g/mol. The number of aryl methyl sites for hydroxylation is 2. The third-order valence-corrected chi connectivity index (χ3v) is 3.65. The van der Waals surface area contributed by atoms with Gasteiger partial charge in [0.05, 0.1) is 0 Å². The van der Waals surface area contributed by atoms with Crippen LogP contribution in [0, 0.1) is 13.8 Å². The van der Waals surface area contributed by atoms with Crippen molar-refractivity contribution in [2.75, 3.05) is 20.6 Å². The van der Waals surface area contributed by atoms with Crippen molar-refractivity contribution >= 4 is 0 Å². The summed E-state index contributed by atoms with van der Waals surface area (Å²) >= 11 is 0. The second-order valence-corrected chi connectivity index (χ2v) is 5.63. The van der Waals surface area contributed by atoms with Crippen LogP contribution in [0.4, 0.5) is 0 Å². The highest BCUT2D eigenvalue weighted by Gasteiger charge is 2.12. The molecule has 0 aliphatic rings. The van der Waals surface area contributed by atoms with Gasteiger partial charge in [-0.25, -0.2) is 0 Å². The number of rotatable bonds is 6. The van der Waals surface area contributed by atoms with E-state index in [4.69, 9.17) is 0 Å². The van der Waals surface area contributed by atoms with Crippen LogP contribution in [0.1, 0.15) is 43.0 Å². The van der Waals surface area contributed by atoms with Crippen molar-refractivity contribution in [2.45, 2.75) is 46.2 Å². The Bertz CT molecular complexity index is 351. The molecule has 2 nitrogen and oxygen atoms in total. The molecule has 102 valence electrons. The highest BCUT2D eigenvalue weighted by Crippen LogP contribution is 2.20. The van der Waals surface area contributed by atoms with Crippen LogP contribution in [0.3, 0.4) is 0 Å². The molecule has 0 radical (unpaired) electrons. The highest BCUT2D eigenvalue weighted by atomic mass is 15.1. The van der Waals surface area contributed by atoms with Crippen LogP contribution in [-0.2, 0) is 0 Å². The Morgan fingerprint density at radius 3 is 2.11 bits per heavy atom. The fourth-order valence-electron chi connectivity index (χ4n) is 2.28. The largest absolute Gasteiger partial charge is 0.313 e. The molecule has 1 rings (SSSR count). The molecule has 0 fully saturated rings. The molecule has 1 N–H and O–H groups in total. The van der Waals surface area contributed by atoms with E-state index >= 15 is 0 Å². The van der Waals surface area contributed by atoms with Gasteiger partial charge in [0.2, 0.25) is 0 Å². The van der Waals surface area contributed by atoms with E-state index in [1.54, 1.807) is 0 Å². The van der Waals surface area contributed by atoms with Gasteiger partial charge in [0.25, 0.3) is 0 Å². The number of hydrogen-bond acceptors (Lipinski definition) is 2. The van der Waals surface area contributed by atoms with E-state index in [0.717, 1.165) is 13.0 Å². The molecule has 0 bridgehead atoms. The molecule has 0 saturated carbocycles. The van der Waals surface area contributed by atoms with Crippen LogP contribution in [0.2, 0.25) is 0 Å². The first-order valence-corrected chi connectivity index (χ1v) is 6.89. The molecule has 2 heteroatoms. The molecule has 0 amide bonds. The zero-order chi connectivity index (χ0) is 13.7. The highest BCUT2D eigenvalue weighted by molar-refractivity contribution is 5.30. The van der Waals surface area contributed by atoms with Crippen LogP contribution in [0.25, 0.3) is 0 Å². The van der Waals surface area contributed by atoms with Gasteiger partial charge in [-0.1, -0.05) is 29.3 Å². The smallest absolute Gasteiger partial charge is 0.0329 e. The molecular formula is C16H28N2. The predicted molar refractivity (Wildman–Crippen MR) is 80.1 cm³/mol. The predicted octanol–water partition coefficient (Wildman–Crippen LogP) is 3.29. The van der Waals surface area contributed by atoms with E-state index in [1.807, 2.05) is 0 Å². The third kappa shape index (κ3) is 4.43. The summed E-state index contributed by atoms with van der Waals surface area (Å²) in [4.78, 5) is 2.40. The lowest BCUT2D eigenvalue weighted by Crippen LogP contribution is -2.30. The molecule has 1 aromatic rings. The lowest BCUT2D eigenvalue weighted by Gasteiger charge is -2.25. The SMILES string of the molecule is CNC(CCN(C)C(C)C)c1cc(C)cc(C)c1. The van der Waals surface area contributed by atoms with Crippen molar-refractivity contribution in [3.8, 4) is 0 Å². The minimum atomic E-state index is 0.449. The first-order chi connectivity index (χ1) is 8.43. The summed E-state index contributed by atoms with van der Waals surface area (Å²) in [7, 11) is 4.25. The zero-order valence-electron chi connectivity index (χ0n) is 12.7. The minimum Gasteiger partial charge on any atom is -0.313 e. The molecule has 0 aliphatic carbocycles. The van der Waals surface area contributed by atoms with E-state index in [1.165, 1.54) is 16.7 Å². The monoisotopic (exact) mass is 248 g/mol. The molecule has 18 heavy (non-hydrogen) atoms. The Hall–Kier alpha value is -0.860. The zero-order valence-corrected chi connectivity index (χ0v) is 12.7. The summed E-state index contributed by atoms with van der Waals surface area (Å²) in [5, 5.41) is 3.44. The van der Waals surface area contributed by atoms with Gasteiger partial charge in [-0.2, -0.15) is 0 Å². The molecule has 0 spiro atoms. The van der Waals surface area contributed by atoms with Crippen LogP contribution in [0.5, 0.6) is 0 Å². The minimum absolute atomic E-state index is 0.449. The molecule has 0 saturated heterocycles. The molecule has 1 atom stereocenters. The van der Waals surface area contributed by atoms with Gasteiger partial charge in [0, 0.05) is 12.1 Å². The Morgan fingerprint density at radius 1 is 1.11 bits per heavy atom. The summed E-state index contributed by atoms with van der Waals surface area (Å²) in [5.74, 6) is 0. The van der Waals surface area contributed by atoms with Gasteiger partial charge in [-0.3, -0.25) is 0 Å². The summed E-state index contributed by atoms with van der Waals surface area (Å²) in [5.41, 5.74) is 4.11. The summed E-state index contributed by atoms with van der Waals surface area (Å²) < 4.78 is 0. The van der Waals surface area contributed by atoms with Gasteiger partial charge in [-0.05, 0) is 60.3 Å². The van der Waals surface area contributed by atoms with Crippen molar-refractivity contribution in [1.29, 1.82) is 0 Å². The average molecular weight is 248 g/mol. The Kier molecular flexibility index (Phi) is 5.83. The normalized spacial score (nSPS) is 13.3. The van der Waals surface area contributed by atoms with Gasteiger partial charge in [0.15, 0.2) is 0 Å². The van der Waals surface area contributed by atoms with Crippen LogP contribution in [-0.4, -0.2) is 31.6 Å². The van der Waals surface area contributed by atoms with Crippen molar-refractivity contribution in [1.82, 2.24) is 10.2 Å². The summed E-state index contributed by atoms with van der Waals surface area (Å²) in [6.07, 6.45) is 1.15. The van der Waals surface area contributed by atoms with Crippen molar-refractivity contribution in [3.63, 3.8) is 0 Å². The maximum Gasteiger partial charge on any atom is 0.0329 e.